The van der Waals surface area contributed by atoms with Crippen molar-refractivity contribution < 1.29 is 14.7 Å². The normalized spacial score (nSPS) is 14.8. The minimum absolute atomic E-state index is 0.247. The fraction of sp³-hybridized carbons (Fsp3) is 0.500. The molecule has 8 nitrogen and oxygen atoms in total. The van der Waals surface area contributed by atoms with Crippen LogP contribution >= 0.6 is 0 Å². The first-order valence-corrected chi connectivity index (χ1v) is 8.65. The highest BCUT2D eigenvalue weighted by molar-refractivity contribution is 5.86. The number of hydrogen-bond donors (Lipinski definition) is 2. The number of carbonyl (C=O) groups is 2. The van der Waals surface area contributed by atoms with Crippen molar-refractivity contribution in [3.63, 3.8) is 0 Å². The molecular formula is C18H24N4O4. The molecule has 0 spiro atoms. The Morgan fingerprint density at radius 1 is 1.23 bits per heavy atom. The van der Waals surface area contributed by atoms with Crippen molar-refractivity contribution in [1.82, 2.24) is 20.3 Å². The van der Waals surface area contributed by atoms with E-state index in [1.54, 1.807) is 45.0 Å². The molecule has 140 valence electrons. The van der Waals surface area contributed by atoms with Gasteiger partial charge in [-0.05, 0) is 24.0 Å². The van der Waals surface area contributed by atoms with E-state index < -0.39 is 29.5 Å². The first-order chi connectivity index (χ1) is 12.3. The molecule has 1 aromatic carbocycles. The Kier molecular flexibility index (Phi) is 6.07. The summed E-state index contributed by atoms with van der Waals surface area (Å²) in [6.45, 7) is 7.15. The van der Waals surface area contributed by atoms with Gasteiger partial charge in [-0.25, -0.2) is 4.79 Å². The van der Waals surface area contributed by atoms with E-state index in [2.05, 4.69) is 15.6 Å². The molecule has 0 radical (unpaired) electrons. The number of rotatable bonds is 7. The molecule has 1 aromatic heterocycles. The second-order valence-corrected chi connectivity index (χ2v) is 6.76. The van der Waals surface area contributed by atoms with Gasteiger partial charge in [0.15, 0.2) is 0 Å². The third kappa shape index (κ3) is 3.89. The topological polar surface area (TPSA) is 114 Å². The van der Waals surface area contributed by atoms with Crippen LogP contribution in [0, 0.1) is 11.8 Å². The number of nitrogens with one attached hydrogen (secondary N) is 1. The number of benzene rings is 1. The van der Waals surface area contributed by atoms with E-state index in [1.807, 2.05) is 6.92 Å². The summed E-state index contributed by atoms with van der Waals surface area (Å²) in [6.07, 6.45) is 0.597. The average Bonchev–Trinajstić information content (AvgIpc) is 2.61. The van der Waals surface area contributed by atoms with Crippen LogP contribution in [-0.2, 0) is 9.59 Å². The van der Waals surface area contributed by atoms with Crippen LogP contribution in [0.2, 0.25) is 0 Å². The number of nitrogens with zero attached hydrogens (tertiary/aromatic N) is 3. The summed E-state index contributed by atoms with van der Waals surface area (Å²) < 4.78 is 1.04. The highest BCUT2D eigenvalue weighted by atomic mass is 16.4. The molecule has 0 aliphatic rings. The fourth-order valence-corrected chi connectivity index (χ4v) is 2.80. The van der Waals surface area contributed by atoms with Gasteiger partial charge in [-0.3, -0.25) is 9.59 Å². The Labute approximate surface area is 151 Å². The Morgan fingerprint density at radius 3 is 2.46 bits per heavy atom. The summed E-state index contributed by atoms with van der Waals surface area (Å²) in [5.41, 5.74) is 0.0135. The lowest BCUT2D eigenvalue weighted by Gasteiger charge is -2.25. The zero-order valence-corrected chi connectivity index (χ0v) is 15.3. The number of carbonyl (C=O) groups excluding carboxylic acids is 1. The van der Waals surface area contributed by atoms with Gasteiger partial charge < -0.3 is 10.4 Å². The van der Waals surface area contributed by atoms with E-state index in [1.165, 1.54) is 0 Å². The van der Waals surface area contributed by atoms with Gasteiger partial charge in [0.2, 0.25) is 5.91 Å². The minimum atomic E-state index is -1.10. The maximum Gasteiger partial charge on any atom is 0.326 e. The van der Waals surface area contributed by atoms with Crippen LogP contribution in [0.25, 0.3) is 10.9 Å². The molecule has 2 rings (SSSR count). The highest BCUT2D eigenvalue weighted by Gasteiger charge is 2.32. The first-order valence-electron chi connectivity index (χ1n) is 8.65. The SMILES string of the molecule is CC[C@@H](C)[C@H](NC(=O)[C@H](C(C)C)n1nnc2ccccc2c1=O)C(=O)O. The van der Waals surface area contributed by atoms with Gasteiger partial charge in [0.05, 0.1) is 5.39 Å². The minimum Gasteiger partial charge on any atom is -0.480 e. The Bertz CT molecular complexity index is 862. The third-order valence-corrected chi connectivity index (χ3v) is 4.53. The molecule has 0 fully saturated rings. The number of hydrogen-bond acceptors (Lipinski definition) is 5. The molecule has 2 N–H and O–H groups in total. The van der Waals surface area contributed by atoms with Crippen molar-refractivity contribution in [2.24, 2.45) is 11.8 Å². The second-order valence-electron chi connectivity index (χ2n) is 6.76. The predicted molar refractivity (Wildman–Crippen MR) is 96.7 cm³/mol. The maximum absolute atomic E-state index is 12.8. The van der Waals surface area contributed by atoms with Crippen LogP contribution in [0.4, 0.5) is 0 Å². The lowest BCUT2D eigenvalue weighted by molar-refractivity contribution is -0.144. The molecule has 1 amide bonds. The fourth-order valence-electron chi connectivity index (χ4n) is 2.80. The zero-order chi connectivity index (χ0) is 19.4. The molecule has 0 saturated heterocycles. The molecule has 8 heteroatoms. The van der Waals surface area contributed by atoms with E-state index in [0.29, 0.717) is 17.3 Å². The van der Waals surface area contributed by atoms with Crippen LogP contribution in [0.5, 0.6) is 0 Å². The number of amides is 1. The largest absolute Gasteiger partial charge is 0.480 e. The molecule has 0 aliphatic carbocycles. The van der Waals surface area contributed by atoms with Gasteiger partial charge >= 0.3 is 5.97 Å². The molecule has 2 aromatic rings. The molecule has 3 atom stereocenters. The first kappa shape index (κ1) is 19.6. The highest BCUT2D eigenvalue weighted by Crippen LogP contribution is 2.18. The van der Waals surface area contributed by atoms with E-state index in [0.717, 1.165) is 4.68 Å². The number of carboxylic acids is 1. The van der Waals surface area contributed by atoms with Crippen LogP contribution in [-0.4, -0.2) is 38.0 Å². The quantitative estimate of drug-likeness (QED) is 0.775. The van der Waals surface area contributed by atoms with Gasteiger partial charge in [-0.2, -0.15) is 4.68 Å². The number of aliphatic carboxylic acids is 1. The molecule has 0 bridgehead atoms. The van der Waals surface area contributed by atoms with Crippen molar-refractivity contribution in [2.75, 3.05) is 0 Å². The monoisotopic (exact) mass is 360 g/mol. The molecule has 0 aliphatic heterocycles. The number of carboxylic acid groups (broad SMARTS) is 1. The third-order valence-electron chi connectivity index (χ3n) is 4.53. The maximum atomic E-state index is 12.8. The summed E-state index contributed by atoms with van der Waals surface area (Å²) in [5, 5.41) is 20.2. The van der Waals surface area contributed by atoms with Gasteiger partial charge in [-0.1, -0.05) is 51.5 Å². The number of aromatic nitrogens is 3. The van der Waals surface area contributed by atoms with Crippen molar-refractivity contribution in [1.29, 1.82) is 0 Å². The zero-order valence-electron chi connectivity index (χ0n) is 15.3. The van der Waals surface area contributed by atoms with E-state index in [4.69, 9.17) is 0 Å². The van der Waals surface area contributed by atoms with Gasteiger partial charge in [-0.15, -0.1) is 5.10 Å². The average molecular weight is 360 g/mol. The number of fused-ring (bicyclic) bond motifs is 1. The molecule has 26 heavy (non-hydrogen) atoms. The summed E-state index contributed by atoms with van der Waals surface area (Å²) in [7, 11) is 0. The van der Waals surface area contributed by atoms with E-state index in [9.17, 15) is 19.5 Å². The summed E-state index contributed by atoms with van der Waals surface area (Å²) in [6, 6.07) is 4.77. The lowest BCUT2D eigenvalue weighted by atomic mass is 9.97. The molecule has 1 heterocycles. The lowest BCUT2D eigenvalue weighted by Crippen LogP contribution is -2.50. The van der Waals surface area contributed by atoms with Gasteiger partial charge in [0.1, 0.15) is 17.6 Å². The van der Waals surface area contributed by atoms with Crippen molar-refractivity contribution in [2.45, 2.75) is 46.2 Å². The van der Waals surface area contributed by atoms with Crippen molar-refractivity contribution in [3.8, 4) is 0 Å². The Morgan fingerprint density at radius 2 is 1.88 bits per heavy atom. The van der Waals surface area contributed by atoms with E-state index >= 15 is 0 Å². The smallest absolute Gasteiger partial charge is 0.326 e. The van der Waals surface area contributed by atoms with Gasteiger partial charge in [0.25, 0.3) is 5.56 Å². The summed E-state index contributed by atoms with van der Waals surface area (Å²) >= 11 is 0. The van der Waals surface area contributed by atoms with Crippen LogP contribution in [0.15, 0.2) is 29.1 Å². The Balaban J connectivity index is 2.43. The summed E-state index contributed by atoms with van der Waals surface area (Å²) in [4.78, 5) is 37.1. The van der Waals surface area contributed by atoms with Crippen molar-refractivity contribution in [3.05, 3.63) is 34.6 Å². The molecule has 0 saturated carbocycles. The van der Waals surface area contributed by atoms with Crippen molar-refractivity contribution >= 4 is 22.8 Å². The van der Waals surface area contributed by atoms with Crippen LogP contribution < -0.4 is 10.9 Å². The second kappa shape index (κ2) is 8.07. The molecular weight excluding hydrogens is 336 g/mol. The van der Waals surface area contributed by atoms with Crippen LogP contribution in [0.3, 0.4) is 0 Å². The Hall–Kier alpha value is -2.77. The van der Waals surface area contributed by atoms with Gasteiger partial charge in [0, 0.05) is 0 Å². The van der Waals surface area contributed by atoms with E-state index in [-0.39, 0.29) is 11.8 Å². The molecule has 0 unspecified atom stereocenters. The predicted octanol–water partition coefficient (Wildman–Crippen LogP) is 1.60. The standard InChI is InChI=1S/C18H24N4O4/c1-5-11(4)14(18(25)26)19-16(23)15(10(2)3)22-17(24)12-8-6-7-9-13(12)20-21-22/h6-11,14-15H,5H2,1-4H3,(H,19,23)(H,25,26)/t11-,14+,15+/m1/s1. The summed E-state index contributed by atoms with van der Waals surface area (Å²) in [5.74, 6) is -2.19. The van der Waals surface area contributed by atoms with Crippen LogP contribution in [0.1, 0.15) is 40.2 Å².